The number of anilines is 1. The van der Waals surface area contributed by atoms with Crippen molar-refractivity contribution in [1.82, 2.24) is 0 Å². The summed E-state index contributed by atoms with van der Waals surface area (Å²) in [6.07, 6.45) is 0.157. The van der Waals surface area contributed by atoms with Crippen LogP contribution in [0.15, 0.2) is 36.4 Å². The summed E-state index contributed by atoms with van der Waals surface area (Å²) in [5, 5.41) is 8.83. The van der Waals surface area contributed by atoms with E-state index >= 15 is 0 Å². The summed E-state index contributed by atoms with van der Waals surface area (Å²) in [6.45, 7) is 3.60. The fourth-order valence-corrected chi connectivity index (χ4v) is 2.38. The van der Waals surface area contributed by atoms with Gasteiger partial charge in [0.1, 0.15) is 5.82 Å². The Kier molecular flexibility index (Phi) is 6.07. The standard InChI is InChI=1S/C19H18F2N2O2/c1-13-5-3-6-17(14(13)2)23(10-4-9-22)19(24)12-25-18-8-7-15(20)11-16(18)21/h3,5-8,11H,4,10,12H2,1-2H3. The van der Waals surface area contributed by atoms with Crippen LogP contribution in [0.1, 0.15) is 17.5 Å². The molecule has 0 spiro atoms. The quantitative estimate of drug-likeness (QED) is 0.798. The molecular weight excluding hydrogens is 326 g/mol. The summed E-state index contributed by atoms with van der Waals surface area (Å²) in [5.74, 6) is -2.20. The molecule has 0 N–H and O–H groups in total. The lowest BCUT2D eigenvalue weighted by Crippen LogP contribution is -2.36. The maximum absolute atomic E-state index is 13.6. The van der Waals surface area contributed by atoms with Crippen LogP contribution in [-0.2, 0) is 4.79 Å². The van der Waals surface area contributed by atoms with Gasteiger partial charge in [-0.3, -0.25) is 4.79 Å². The molecule has 0 atom stereocenters. The fraction of sp³-hybridized carbons (Fsp3) is 0.263. The highest BCUT2D eigenvalue weighted by atomic mass is 19.1. The van der Waals surface area contributed by atoms with E-state index in [1.165, 1.54) is 4.90 Å². The number of nitriles is 1. The van der Waals surface area contributed by atoms with Gasteiger partial charge in [0.05, 0.1) is 12.5 Å². The zero-order valence-electron chi connectivity index (χ0n) is 14.1. The number of rotatable bonds is 6. The van der Waals surface area contributed by atoms with Crippen molar-refractivity contribution >= 4 is 11.6 Å². The van der Waals surface area contributed by atoms with Gasteiger partial charge in [0, 0.05) is 18.3 Å². The normalized spacial score (nSPS) is 10.2. The molecule has 0 aliphatic heterocycles. The van der Waals surface area contributed by atoms with Crippen LogP contribution in [-0.4, -0.2) is 19.1 Å². The SMILES string of the molecule is Cc1cccc(N(CCC#N)C(=O)COc2ccc(F)cc2F)c1C. The lowest BCUT2D eigenvalue weighted by molar-refractivity contribution is -0.120. The van der Waals surface area contributed by atoms with Gasteiger partial charge in [0.25, 0.3) is 5.91 Å². The summed E-state index contributed by atoms with van der Waals surface area (Å²) >= 11 is 0. The van der Waals surface area contributed by atoms with E-state index in [0.29, 0.717) is 11.8 Å². The average Bonchev–Trinajstić information content (AvgIpc) is 2.58. The number of nitrogens with zero attached hydrogens (tertiary/aromatic N) is 2. The van der Waals surface area contributed by atoms with Crippen LogP contribution in [0.2, 0.25) is 0 Å². The number of hydrogen-bond donors (Lipinski definition) is 0. The molecular formula is C19H18F2N2O2. The number of carbonyl (C=O) groups excluding carboxylic acids is 1. The number of carbonyl (C=O) groups is 1. The van der Waals surface area contributed by atoms with Gasteiger partial charge in [-0.1, -0.05) is 12.1 Å². The molecule has 2 rings (SSSR count). The Hall–Kier alpha value is -2.94. The van der Waals surface area contributed by atoms with Crippen molar-refractivity contribution < 1.29 is 18.3 Å². The Bertz CT molecular complexity index is 816. The third kappa shape index (κ3) is 4.54. The van der Waals surface area contributed by atoms with Crippen LogP contribution in [0.5, 0.6) is 5.75 Å². The minimum Gasteiger partial charge on any atom is -0.481 e. The molecule has 6 heteroatoms. The fourth-order valence-electron chi connectivity index (χ4n) is 2.38. The summed E-state index contributed by atoms with van der Waals surface area (Å²) in [6, 6.07) is 10.4. The molecule has 25 heavy (non-hydrogen) atoms. The largest absolute Gasteiger partial charge is 0.481 e. The van der Waals surface area contributed by atoms with Crippen molar-refractivity contribution in [2.24, 2.45) is 0 Å². The summed E-state index contributed by atoms with van der Waals surface area (Å²) < 4.78 is 31.7. The van der Waals surface area contributed by atoms with Crippen molar-refractivity contribution in [2.75, 3.05) is 18.1 Å². The van der Waals surface area contributed by atoms with Gasteiger partial charge in [0.2, 0.25) is 0 Å². The van der Waals surface area contributed by atoms with Crippen LogP contribution in [0.25, 0.3) is 0 Å². The summed E-state index contributed by atoms with van der Waals surface area (Å²) in [7, 11) is 0. The monoisotopic (exact) mass is 344 g/mol. The highest BCUT2D eigenvalue weighted by Gasteiger charge is 2.19. The first-order chi connectivity index (χ1) is 11.9. The number of hydrogen-bond acceptors (Lipinski definition) is 3. The van der Waals surface area contributed by atoms with Crippen molar-refractivity contribution in [2.45, 2.75) is 20.3 Å². The van der Waals surface area contributed by atoms with E-state index in [1.807, 2.05) is 32.0 Å². The predicted octanol–water partition coefficient (Wildman–Crippen LogP) is 3.91. The first-order valence-electron chi connectivity index (χ1n) is 7.75. The van der Waals surface area contributed by atoms with Crippen LogP contribution >= 0.6 is 0 Å². The Labute approximate surface area is 145 Å². The summed E-state index contributed by atoms with van der Waals surface area (Å²) in [5.41, 5.74) is 2.61. The van der Waals surface area contributed by atoms with Crippen molar-refractivity contribution in [3.63, 3.8) is 0 Å². The second-order valence-electron chi connectivity index (χ2n) is 5.54. The molecule has 1 amide bonds. The van der Waals surface area contributed by atoms with Crippen molar-refractivity contribution in [3.8, 4) is 11.8 Å². The highest BCUT2D eigenvalue weighted by molar-refractivity contribution is 5.95. The molecule has 0 bridgehead atoms. The second-order valence-corrected chi connectivity index (χ2v) is 5.54. The topological polar surface area (TPSA) is 53.3 Å². The van der Waals surface area contributed by atoms with Crippen molar-refractivity contribution in [3.05, 3.63) is 59.2 Å². The second kappa shape index (κ2) is 8.25. The van der Waals surface area contributed by atoms with Gasteiger partial charge in [-0.2, -0.15) is 5.26 Å². The van der Waals surface area contributed by atoms with E-state index in [-0.39, 0.29) is 18.7 Å². The lowest BCUT2D eigenvalue weighted by atomic mass is 10.1. The number of halogens is 2. The average molecular weight is 344 g/mol. The molecule has 0 aliphatic carbocycles. The van der Waals surface area contributed by atoms with E-state index in [0.717, 1.165) is 23.3 Å². The molecule has 0 heterocycles. The molecule has 0 saturated heterocycles. The first kappa shape index (κ1) is 18.4. The van der Waals surface area contributed by atoms with E-state index in [4.69, 9.17) is 10.00 Å². The van der Waals surface area contributed by atoms with E-state index in [1.54, 1.807) is 6.07 Å². The van der Waals surface area contributed by atoms with E-state index < -0.39 is 24.1 Å². The van der Waals surface area contributed by atoms with E-state index in [9.17, 15) is 13.6 Å². The predicted molar refractivity (Wildman–Crippen MR) is 90.4 cm³/mol. The number of benzene rings is 2. The number of ether oxygens (including phenoxy) is 1. The lowest BCUT2D eigenvalue weighted by Gasteiger charge is -2.24. The van der Waals surface area contributed by atoms with Crippen LogP contribution in [0.3, 0.4) is 0 Å². The van der Waals surface area contributed by atoms with Gasteiger partial charge < -0.3 is 9.64 Å². The van der Waals surface area contributed by atoms with Gasteiger partial charge in [-0.25, -0.2) is 8.78 Å². The Balaban J connectivity index is 2.18. The third-order valence-electron chi connectivity index (χ3n) is 3.86. The molecule has 130 valence electrons. The Morgan fingerprint density at radius 1 is 1.24 bits per heavy atom. The molecule has 0 unspecified atom stereocenters. The summed E-state index contributed by atoms with van der Waals surface area (Å²) in [4.78, 5) is 14.0. The highest BCUT2D eigenvalue weighted by Crippen LogP contribution is 2.24. The molecule has 4 nitrogen and oxygen atoms in total. The maximum Gasteiger partial charge on any atom is 0.264 e. The third-order valence-corrected chi connectivity index (χ3v) is 3.86. The Morgan fingerprint density at radius 2 is 2.00 bits per heavy atom. The smallest absolute Gasteiger partial charge is 0.264 e. The zero-order chi connectivity index (χ0) is 18.4. The molecule has 0 radical (unpaired) electrons. The minimum absolute atomic E-state index is 0.157. The molecule has 0 aliphatic rings. The molecule has 0 saturated carbocycles. The van der Waals surface area contributed by atoms with Gasteiger partial charge in [-0.05, 0) is 43.2 Å². The molecule has 2 aromatic rings. The molecule has 0 fully saturated rings. The zero-order valence-corrected chi connectivity index (χ0v) is 14.1. The van der Waals surface area contributed by atoms with Gasteiger partial charge in [-0.15, -0.1) is 0 Å². The first-order valence-corrected chi connectivity index (χ1v) is 7.75. The van der Waals surface area contributed by atoms with Crippen LogP contribution in [0.4, 0.5) is 14.5 Å². The molecule has 2 aromatic carbocycles. The number of amides is 1. The minimum atomic E-state index is -0.872. The van der Waals surface area contributed by atoms with Crippen molar-refractivity contribution in [1.29, 1.82) is 5.26 Å². The van der Waals surface area contributed by atoms with Crippen LogP contribution in [0, 0.1) is 36.8 Å². The van der Waals surface area contributed by atoms with E-state index in [2.05, 4.69) is 0 Å². The Morgan fingerprint density at radius 3 is 2.68 bits per heavy atom. The number of aryl methyl sites for hydroxylation is 1. The van der Waals surface area contributed by atoms with Gasteiger partial charge >= 0.3 is 0 Å². The molecule has 0 aromatic heterocycles. The van der Waals surface area contributed by atoms with Crippen LogP contribution < -0.4 is 9.64 Å². The van der Waals surface area contributed by atoms with Gasteiger partial charge in [0.15, 0.2) is 18.2 Å². The maximum atomic E-state index is 13.6.